The van der Waals surface area contributed by atoms with Crippen molar-refractivity contribution in [2.45, 2.75) is 0 Å². The predicted octanol–water partition coefficient (Wildman–Crippen LogP) is 17.1. The molecule has 0 atom stereocenters. The minimum atomic E-state index is 0. The summed E-state index contributed by atoms with van der Waals surface area (Å²) in [5, 5.41) is 4.55. The predicted molar refractivity (Wildman–Crippen MR) is 307 cm³/mol. The Hall–Kier alpha value is -9.59. The molecule has 0 spiro atoms. The van der Waals surface area contributed by atoms with E-state index < -0.39 is 0 Å². The van der Waals surface area contributed by atoms with Crippen molar-refractivity contribution in [3.63, 3.8) is 0 Å². The van der Waals surface area contributed by atoms with E-state index in [1.807, 2.05) is 85.1 Å². The van der Waals surface area contributed by atoms with Crippen LogP contribution in [-0.2, 0) is 20.1 Å². The Kier molecular flexibility index (Phi) is 12.0. The monoisotopic (exact) mass is 1150 g/mol. The summed E-state index contributed by atoms with van der Waals surface area (Å²) in [6.45, 7) is 0. The second kappa shape index (κ2) is 19.7. The molecule has 1 radical (unpaired) electrons. The van der Waals surface area contributed by atoms with Gasteiger partial charge in [0.15, 0.2) is 11.6 Å². The number of benzene rings is 10. The molecule has 4 aromatic heterocycles. The Balaban J connectivity index is 0.00000553. The van der Waals surface area contributed by atoms with Crippen LogP contribution in [0.25, 0.3) is 112 Å². The summed E-state index contributed by atoms with van der Waals surface area (Å²) >= 11 is 0. The number of para-hydroxylation sites is 4. The third-order valence-corrected chi connectivity index (χ3v) is 14.1. The molecule has 0 aliphatic carbocycles. The molecule has 10 aromatic carbocycles. The number of hydrogen-bond donors (Lipinski definition) is 0. The molecule has 14 aromatic rings. The van der Waals surface area contributed by atoms with E-state index in [2.05, 4.69) is 202 Å². The fourth-order valence-electron chi connectivity index (χ4n) is 10.6. The number of anilines is 3. The van der Waals surface area contributed by atoms with Crippen LogP contribution in [0.2, 0.25) is 0 Å². The number of aromatic nitrogens is 6. The third kappa shape index (κ3) is 8.32. The minimum Gasteiger partial charge on any atom is -0.311 e. The molecule has 0 N–H and O–H groups in total. The second-order valence-electron chi connectivity index (χ2n) is 18.6. The van der Waals surface area contributed by atoms with Gasteiger partial charge in [-0.2, -0.15) is 9.97 Å². The van der Waals surface area contributed by atoms with Gasteiger partial charge in [0, 0.05) is 81.7 Å². The topological polar surface area (TPSA) is 64.7 Å². The summed E-state index contributed by atoms with van der Waals surface area (Å²) in [6.07, 6.45) is 1.89. The Labute approximate surface area is 453 Å². The molecule has 4 heterocycles. The van der Waals surface area contributed by atoms with Crippen LogP contribution in [0.5, 0.6) is 0 Å². The SMILES string of the molecule is [Ir].[c-]1ccc(-c2cccc(-c3ccc4c(c3)c3cc5c6ccccc6n(-c6nc(-c7ccccc7)nc(-c7ccccc7)n6)c5cc3n4-c3ccccc3)c2)cc1-c1cc(N(c2ccccc2)c2ccccc2)ccn1. The van der Waals surface area contributed by atoms with E-state index in [9.17, 15) is 0 Å². The van der Waals surface area contributed by atoms with Crippen molar-refractivity contribution in [1.29, 1.82) is 0 Å². The van der Waals surface area contributed by atoms with Crippen molar-refractivity contribution < 1.29 is 20.1 Å². The standard InChI is InChI=1S/C68H44N7.Ir/c1-6-20-46(21-7-1)66-70-67(47-22-8-2-9-23-47)72-68(71-66)75-62-35-17-16-34-57(62)59-44-60-58-42-51(36-37-63(58)74(64(60)45-65(59)75)55-32-14-5-15-33-55)49-25-18-24-48(40-49)50-26-19-27-52(41-50)61-43-56(38-39-69-61)73(53-28-10-3-11-29-53)54-30-12-4-13-31-54;/h1-26,28-45H;/q-1;. The van der Waals surface area contributed by atoms with E-state index in [4.69, 9.17) is 19.9 Å². The van der Waals surface area contributed by atoms with E-state index in [1.165, 1.54) is 0 Å². The molecule has 0 fully saturated rings. The van der Waals surface area contributed by atoms with Gasteiger partial charge in [0.2, 0.25) is 5.95 Å². The first-order valence-corrected chi connectivity index (χ1v) is 25.1. The summed E-state index contributed by atoms with van der Waals surface area (Å²) in [5.41, 5.74) is 16.6. The molecule has 0 unspecified atom stereocenters. The van der Waals surface area contributed by atoms with Gasteiger partial charge in [-0.25, -0.2) is 4.98 Å². The van der Waals surface area contributed by atoms with Crippen LogP contribution < -0.4 is 4.90 Å². The molecular formula is C68H44IrN7-. The van der Waals surface area contributed by atoms with E-state index >= 15 is 0 Å². The fourth-order valence-corrected chi connectivity index (χ4v) is 10.6. The van der Waals surface area contributed by atoms with Crippen molar-refractivity contribution in [3.8, 4) is 67.9 Å². The number of hydrogen-bond acceptors (Lipinski definition) is 5. The molecule has 14 rings (SSSR count). The van der Waals surface area contributed by atoms with Crippen molar-refractivity contribution in [3.05, 3.63) is 273 Å². The first-order valence-electron chi connectivity index (χ1n) is 25.1. The smallest absolute Gasteiger partial charge is 0.238 e. The largest absolute Gasteiger partial charge is 0.311 e. The zero-order valence-electron chi connectivity index (χ0n) is 40.9. The molecule has 0 amide bonds. The van der Waals surface area contributed by atoms with E-state index in [1.54, 1.807) is 0 Å². The second-order valence-corrected chi connectivity index (χ2v) is 18.6. The number of fused-ring (bicyclic) bond motifs is 6. The van der Waals surface area contributed by atoms with Crippen LogP contribution in [0.1, 0.15) is 0 Å². The first kappa shape index (κ1) is 46.2. The van der Waals surface area contributed by atoms with E-state index in [0.29, 0.717) is 17.6 Å². The van der Waals surface area contributed by atoms with Gasteiger partial charge in [-0.05, 0) is 101 Å². The molecule has 0 saturated heterocycles. The van der Waals surface area contributed by atoms with E-state index in [0.717, 1.165) is 111 Å². The Morgan fingerprint density at radius 3 is 1.54 bits per heavy atom. The average Bonchev–Trinajstić information content (AvgIpc) is 4.06. The van der Waals surface area contributed by atoms with Gasteiger partial charge in [-0.15, -0.1) is 35.4 Å². The molecular weight excluding hydrogens is 1110 g/mol. The normalized spacial score (nSPS) is 11.3. The maximum atomic E-state index is 5.23. The Morgan fingerprint density at radius 1 is 0.342 bits per heavy atom. The molecule has 0 saturated carbocycles. The molecule has 7 nitrogen and oxygen atoms in total. The number of pyridine rings is 1. The summed E-state index contributed by atoms with van der Waals surface area (Å²) < 4.78 is 4.59. The zero-order chi connectivity index (χ0) is 49.7. The van der Waals surface area contributed by atoms with Gasteiger partial charge >= 0.3 is 0 Å². The van der Waals surface area contributed by atoms with Crippen LogP contribution in [-0.4, -0.2) is 29.1 Å². The number of rotatable bonds is 10. The zero-order valence-corrected chi connectivity index (χ0v) is 43.3. The van der Waals surface area contributed by atoms with Crippen LogP contribution in [0, 0.1) is 6.07 Å². The Bertz CT molecular complexity index is 4310. The molecule has 0 bridgehead atoms. The van der Waals surface area contributed by atoms with Gasteiger partial charge in [-0.3, -0.25) is 4.57 Å². The first-order chi connectivity index (χ1) is 37.2. The average molecular weight is 1150 g/mol. The van der Waals surface area contributed by atoms with Gasteiger partial charge in [0.1, 0.15) is 0 Å². The van der Waals surface area contributed by atoms with Gasteiger partial charge < -0.3 is 14.5 Å². The van der Waals surface area contributed by atoms with Crippen molar-refractivity contribution in [2.24, 2.45) is 0 Å². The van der Waals surface area contributed by atoms with Crippen LogP contribution >= 0.6 is 0 Å². The molecule has 76 heavy (non-hydrogen) atoms. The van der Waals surface area contributed by atoms with Crippen LogP contribution in [0.15, 0.2) is 267 Å². The van der Waals surface area contributed by atoms with Gasteiger partial charge in [-0.1, -0.05) is 164 Å². The Morgan fingerprint density at radius 2 is 0.868 bits per heavy atom. The summed E-state index contributed by atoms with van der Waals surface area (Å²) in [5.74, 6) is 1.79. The maximum Gasteiger partial charge on any atom is 0.238 e. The summed E-state index contributed by atoms with van der Waals surface area (Å²) in [6, 6.07) is 94.8. The molecule has 8 heteroatoms. The fraction of sp³-hybridized carbons (Fsp3) is 0. The molecule has 361 valence electrons. The summed E-state index contributed by atoms with van der Waals surface area (Å²) in [4.78, 5) is 22.6. The molecule has 0 aliphatic rings. The van der Waals surface area contributed by atoms with Crippen molar-refractivity contribution in [2.75, 3.05) is 4.90 Å². The number of nitrogens with zero attached hydrogens (tertiary/aromatic N) is 7. The molecule has 0 aliphatic heterocycles. The quantitative estimate of drug-likeness (QED) is 0.128. The van der Waals surface area contributed by atoms with Crippen LogP contribution in [0.4, 0.5) is 17.1 Å². The third-order valence-electron chi connectivity index (χ3n) is 14.1. The summed E-state index contributed by atoms with van der Waals surface area (Å²) in [7, 11) is 0. The van der Waals surface area contributed by atoms with Crippen LogP contribution in [0.3, 0.4) is 0 Å². The van der Waals surface area contributed by atoms with Gasteiger partial charge in [0.05, 0.1) is 22.1 Å². The van der Waals surface area contributed by atoms with Crippen molar-refractivity contribution in [1.82, 2.24) is 29.1 Å². The maximum absolute atomic E-state index is 5.23. The van der Waals surface area contributed by atoms with Gasteiger partial charge in [0.25, 0.3) is 0 Å². The van der Waals surface area contributed by atoms with Crippen molar-refractivity contribution >= 4 is 60.7 Å². The van der Waals surface area contributed by atoms with E-state index in [-0.39, 0.29) is 20.1 Å². The minimum absolute atomic E-state index is 0.